The second-order valence-corrected chi connectivity index (χ2v) is 1.80. The summed E-state index contributed by atoms with van der Waals surface area (Å²) in [4.78, 5) is 29.3. The molecule has 0 aliphatic carbocycles. The topological polar surface area (TPSA) is 80.9 Å². The van der Waals surface area contributed by atoms with Crippen LogP contribution in [0.15, 0.2) is 0 Å². The molecule has 0 aromatic heterocycles. The van der Waals surface area contributed by atoms with Gasteiger partial charge in [0.2, 0.25) is 0 Å². The average molecular weight is 112 g/mol. The third-order valence-corrected chi connectivity index (χ3v) is 0. The van der Waals surface area contributed by atoms with Crippen LogP contribution in [0.2, 0.25) is 0 Å². The molecule has 0 aliphatic heterocycles. The van der Waals surface area contributed by atoms with Gasteiger partial charge >= 0.3 is 9.05 Å². The first kappa shape index (κ1) is 9.41. The second kappa shape index (κ2) is 2.27. The Balaban J connectivity index is 0. The zero-order valence-electron chi connectivity index (χ0n) is 2.29. The van der Waals surface area contributed by atoms with Gasteiger partial charge in [-0.1, -0.05) is 7.43 Å². The van der Waals surface area contributed by atoms with Crippen molar-refractivity contribution in [2.24, 2.45) is 0 Å². The molecule has 0 heterocycles. The lowest BCUT2D eigenvalue weighted by atomic mass is 12.0. The SMILES string of the molecule is C.O[Si](O)(O)O. The van der Waals surface area contributed by atoms with Crippen LogP contribution >= 0.6 is 0 Å². The quantitative estimate of drug-likeness (QED) is 0.274. The van der Waals surface area contributed by atoms with E-state index in [4.69, 9.17) is 19.2 Å². The minimum Gasteiger partial charge on any atom is -0.368 e. The number of rotatable bonds is 0. The molecule has 6 heavy (non-hydrogen) atoms. The van der Waals surface area contributed by atoms with Crippen LogP contribution in [0.3, 0.4) is 0 Å². The molecule has 0 spiro atoms. The van der Waals surface area contributed by atoms with E-state index in [1.54, 1.807) is 0 Å². The van der Waals surface area contributed by atoms with Gasteiger partial charge in [0.15, 0.2) is 0 Å². The maximum Gasteiger partial charge on any atom is 0.668 e. The molecular formula is CH8O4Si. The summed E-state index contributed by atoms with van der Waals surface area (Å²) in [6, 6.07) is 0. The first-order valence-electron chi connectivity index (χ1n) is 0.894. The highest BCUT2D eigenvalue weighted by Crippen LogP contribution is 1.67. The van der Waals surface area contributed by atoms with Gasteiger partial charge in [0.05, 0.1) is 0 Å². The van der Waals surface area contributed by atoms with Crippen molar-refractivity contribution >= 4 is 9.05 Å². The number of hydrogen-bond acceptors (Lipinski definition) is 4. The van der Waals surface area contributed by atoms with Crippen LogP contribution in [0, 0.1) is 0 Å². The van der Waals surface area contributed by atoms with Crippen molar-refractivity contribution in [1.82, 2.24) is 0 Å². The molecule has 0 aromatic carbocycles. The standard InChI is InChI=1S/CH4.H4O4Si/c;1-5(2,3)4/h1H4;1-4H. The van der Waals surface area contributed by atoms with E-state index >= 15 is 0 Å². The summed E-state index contributed by atoms with van der Waals surface area (Å²) >= 11 is 0. The van der Waals surface area contributed by atoms with E-state index in [0.717, 1.165) is 0 Å². The molecular weight excluding hydrogens is 104 g/mol. The Morgan fingerprint density at radius 2 is 0.833 bits per heavy atom. The zero-order valence-corrected chi connectivity index (χ0v) is 3.29. The molecule has 0 atom stereocenters. The normalized spacial score (nSPS) is 10.0. The van der Waals surface area contributed by atoms with Gasteiger partial charge in [-0.05, 0) is 0 Å². The molecule has 5 heteroatoms. The van der Waals surface area contributed by atoms with E-state index in [-0.39, 0.29) is 7.43 Å². The fourth-order valence-corrected chi connectivity index (χ4v) is 0. The van der Waals surface area contributed by atoms with Crippen molar-refractivity contribution in [1.29, 1.82) is 0 Å². The van der Waals surface area contributed by atoms with E-state index in [1.165, 1.54) is 0 Å². The molecule has 0 saturated heterocycles. The van der Waals surface area contributed by atoms with Gasteiger partial charge in [-0.3, -0.25) is 0 Å². The summed E-state index contributed by atoms with van der Waals surface area (Å²) in [5, 5.41) is 0. The van der Waals surface area contributed by atoms with Gasteiger partial charge in [-0.25, -0.2) is 0 Å². The molecule has 0 amide bonds. The van der Waals surface area contributed by atoms with Crippen molar-refractivity contribution in [3.63, 3.8) is 0 Å². The van der Waals surface area contributed by atoms with Crippen LogP contribution < -0.4 is 0 Å². The smallest absolute Gasteiger partial charge is 0.368 e. The van der Waals surface area contributed by atoms with Crippen LogP contribution in [0.1, 0.15) is 7.43 Å². The predicted octanol–water partition coefficient (Wildman–Crippen LogP) is -1.97. The second-order valence-electron chi connectivity index (χ2n) is 0.600. The first-order chi connectivity index (χ1) is 2.00. The molecule has 40 valence electrons. The Kier molecular flexibility index (Phi) is 3.56. The first-order valence-corrected chi connectivity index (χ1v) is 2.68. The predicted molar refractivity (Wildman–Crippen MR) is 21.4 cm³/mol. The molecule has 0 aliphatic rings. The number of hydrogen-bond donors (Lipinski definition) is 4. The molecule has 0 unspecified atom stereocenters. The largest absolute Gasteiger partial charge is 0.668 e. The van der Waals surface area contributed by atoms with Crippen molar-refractivity contribution in [3.8, 4) is 0 Å². The van der Waals surface area contributed by atoms with Gasteiger partial charge in [0.1, 0.15) is 0 Å². The van der Waals surface area contributed by atoms with Gasteiger partial charge in [-0.2, -0.15) is 0 Å². The summed E-state index contributed by atoms with van der Waals surface area (Å²) < 4.78 is 0. The molecule has 0 radical (unpaired) electrons. The Hall–Kier alpha value is 0.0569. The minimum absolute atomic E-state index is 0. The summed E-state index contributed by atoms with van der Waals surface area (Å²) in [6.07, 6.45) is 0. The average Bonchev–Trinajstić information content (AvgIpc) is 0.722. The van der Waals surface area contributed by atoms with Crippen LogP contribution in [0.25, 0.3) is 0 Å². The summed E-state index contributed by atoms with van der Waals surface area (Å²) in [5.74, 6) is 0. The molecule has 4 N–H and O–H groups in total. The van der Waals surface area contributed by atoms with E-state index in [2.05, 4.69) is 0 Å². The fraction of sp³-hybridized carbons (Fsp3) is 1.00. The highest BCUT2D eigenvalue weighted by molar-refractivity contribution is 6.46. The molecule has 0 bridgehead atoms. The van der Waals surface area contributed by atoms with E-state index in [9.17, 15) is 0 Å². The Morgan fingerprint density at radius 1 is 0.833 bits per heavy atom. The highest BCUT2D eigenvalue weighted by Gasteiger charge is 2.22. The van der Waals surface area contributed by atoms with Crippen molar-refractivity contribution in [3.05, 3.63) is 0 Å². The van der Waals surface area contributed by atoms with E-state index in [0.29, 0.717) is 0 Å². The lowest BCUT2D eigenvalue weighted by Crippen LogP contribution is -2.33. The monoisotopic (exact) mass is 112 g/mol. The van der Waals surface area contributed by atoms with Crippen LogP contribution in [0.4, 0.5) is 0 Å². The lowest BCUT2D eigenvalue weighted by Gasteiger charge is -1.91. The fourth-order valence-electron chi connectivity index (χ4n) is 0. The van der Waals surface area contributed by atoms with Crippen molar-refractivity contribution in [2.75, 3.05) is 0 Å². The third kappa shape index (κ3) is 11700. The van der Waals surface area contributed by atoms with Crippen LogP contribution in [0.5, 0.6) is 0 Å². The van der Waals surface area contributed by atoms with Gasteiger partial charge in [0.25, 0.3) is 0 Å². The van der Waals surface area contributed by atoms with Crippen LogP contribution in [-0.4, -0.2) is 28.2 Å². The minimum atomic E-state index is -4.61. The van der Waals surface area contributed by atoms with Gasteiger partial charge in [0, 0.05) is 0 Å². The van der Waals surface area contributed by atoms with Crippen molar-refractivity contribution in [2.45, 2.75) is 7.43 Å². The summed E-state index contributed by atoms with van der Waals surface area (Å²) in [6.45, 7) is 0. The maximum absolute atomic E-state index is 7.33. The maximum atomic E-state index is 7.33. The molecule has 0 saturated carbocycles. The summed E-state index contributed by atoms with van der Waals surface area (Å²) in [5.41, 5.74) is 0. The van der Waals surface area contributed by atoms with E-state index in [1.807, 2.05) is 0 Å². The van der Waals surface area contributed by atoms with Crippen LogP contribution in [-0.2, 0) is 0 Å². The van der Waals surface area contributed by atoms with E-state index < -0.39 is 9.05 Å². The highest BCUT2D eigenvalue weighted by atomic mass is 28.4. The third-order valence-electron chi connectivity index (χ3n) is 0. The zero-order chi connectivity index (χ0) is 4.50. The Morgan fingerprint density at radius 3 is 0.833 bits per heavy atom. The molecule has 0 fully saturated rings. The molecule has 4 nitrogen and oxygen atoms in total. The van der Waals surface area contributed by atoms with Gasteiger partial charge < -0.3 is 19.2 Å². The molecule has 0 aromatic rings. The summed E-state index contributed by atoms with van der Waals surface area (Å²) in [7, 11) is -4.61. The Labute approximate surface area is 36.8 Å². The van der Waals surface area contributed by atoms with Gasteiger partial charge in [-0.15, -0.1) is 0 Å². The van der Waals surface area contributed by atoms with Crippen molar-refractivity contribution < 1.29 is 19.2 Å². The lowest BCUT2D eigenvalue weighted by molar-refractivity contribution is 0.117. The Bertz CT molecular complexity index is 23.0. The molecule has 0 rings (SSSR count).